The summed E-state index contributed by atoms with van der Waals surface area (Å²) >= 11 is 0. The number of hydrogen-bond donors (Lipinski definition) is 0. The van der Waals surface area contributed by atoms with Crippen LogP contribution in [0.1, 0.15) is 32.2 Å². The second-order valence-electron chi connectivity index (χ2n) is 4.04. The first-order valence-corrected chi connectivity index (χ1v) is 4.11. The molecule has 0 saturated heterocycles. The molecule has 14 heavy (non-hydrogen) atoms. The summed E-state index contributed by atoms with van der Waals surface area (Å²) in [5.41, 5.74) is -0.902. The fraction of sp³-hybridized carbons (Fsp3) is 0.556. The van der Waals surface area contributed by atoms with E-state index in [1.54, 1.807) is 20.8 Å². The molecule has 0 N–H and O–H groups in total. The van der Waals surface area contributed by atoms with Crippen LogP contribution in [-0.2, 0) is 11.6 Å². The number of nitrogens with zero attached hydrogens (tertiary/aromatic N) is 2. The molecule has 0 fully saturated rings. The van der Waals surface area contributed by atoms with Crippen molar-refractivity contribution in [3.05, 3.63) is 23.8 Å². The standard InChI is InChI=1S/C9H11F3N2/c1-8(2,3)6-4-7(9(10,11)12)14-5-13-6/h4-5H,1-3H3. The van der Waals surface area contributed by atoms with Gasteiger partial charge in [0.2, 0.25) is 0 Å². The van der Waals surface area contributed by atoms with Crippen LogP contribution < -0.4 is 0 Å². The predicted octanol–water partition coefficient (Wildman–Crippen LogP) is 2.79. The lowest BCUT2D eigenvalue weighted by molar-refractivity contribution is -0.141. The maximum Gasteiger partial charge on any atom is 0.433 e. The molecule has 78 valence electrons. The number of aromatic nitrogens is 2. The third kappa shape index (κ3) is 2.43. The zero-order chi connectivity index (χ0) is 11.0. The van der Waals surface area contributed by atoms with Gasteiger partial charge in [0, 0.05) is 11.1 Å². The Morgan fingerprint density at radius 1 is 1.00 bits per heavy atom. The van der Waals surface area contributed by atoms with Gasteiger partial charge in [0.1, 0.15) is 12.0 Å². The van der Waals surface area contributed by atoms with Crippen molar-refractivity contribution in [3.63, 3.8) is 0 Å². The molecule has 1 aromatic heterocycles. The van der Waals surface area contributed by atoms with Crippen LogP contribution in [0.15, 0.2) is 12.4 Å². The summed E-state index contributed by atoms with van der Waals surface area (Å²) in [6, 6.07) is 0.986. The minimum Gasteiger partial charge on any atom is -0.241 e. The highest BCUT2D eigenvalue weighted by Gasteiger charge is 2.33. The Hall–Kier alpha value is -1.13. The SMILES string of the molecule is CC(C)(C)c1cc(C(F)(F)F)ncn1. The largest absolute Gasteiger partial charge is 0.433 e. The highest BCUT2D eigenvalue weighted by molar-refractivity contribution is 5.17. The first-order valence-electron chi connectivity index (χ1n) is 4.11. The molecule has 2 nitrogen and oxygen atoms in total. The van der Waals surface area contributed by atoms with Gasteiger partial charge in [0.05, 0.1) is 0 Å². The van der Waals surface area contributed by atoms with Gasteiger partial charge < -0.3 is 0 Å². The van der Waals surface area contributed by atoms with E-state index in [1.165, 1.54) is 0 Å². The van der Waals surface area contributed by atoms with Crippen molar-refractivity contribution in [1.29, 1.82) is 0 Å². The summed E-state index contributed by atoms with van der Waals surface area (Å²) in [6.45, 7) is 5.40. The van der Waals surface area contributed by atoms with Crippen molar-refractivity contribution in [2.45, 2.75) is 32.4 Å². The monoisotopic (exact) mass is 204 g/mol. The van der Waals surface area contributed by atoms with Crippen molar-refractivity contribution >= 4 is 0 Å². The molecule has 0 saturated carbocycles. The van der Waals surface area contributed by atoms with Crippen molar-refractivity contribution in [1.82, 2.24) is 9.97 Å². The van der Waals surface area contributed by atoms with Gasteiger partial charge in [0.25, 0.3) is 0 Å². The molecule has 0 radical (unpaired) electrons. The van der Waals surface area contributed by atoms with Crippen molar-refractivity contribution < 1.29 is 13.2 Å². The minimum absolute atomic E-state index is 0.389. The van der Waals surface area contributed by atoms with Gasteiger partial charge in [0.15, 0.2) is 0 Å². The summed E-state index contributed by atoms with van der Waals surface area (Å²) in [5, 5.41) is 0. The Bertz CT molecular complexity index is 296. The molecular formula is C9H11F3N2. The van der Waals surface area contributed by atoms with Crippen LogP contribution in [0, 0.1) is 0 Å². The van der Waals surface area contributed by atoms with Crippen LogP contribution in [0.2, 0.25) is 0 Å². The molecule has 0 aliphatic heterocycles. The molecule has 1 heterocycles. The van der Waals surface area contributed by atoms with E-state index in [0.717, 1.165) is 12.4 Å². The van der Waals surface area contributed by atoms with Crippen LogP contribution in [0.3, 0.4) is 0 Å². The third-order valence-electron chi connectivity index (χ3n) is 1.73. The third-order valence-corrected chi connectivity index (χ3v) is 1.73. The maximum atomic E-state index is 12.3. The lowest BCUT2D eigenvalue weighted by atomic mass is 9.91. The van der Waals surface area contributed by atoms with Gasteiger partial charge >= 0.3 is 6.18 Å². The molecule has 0 bridgehead atoms. The Morgan fingerprint density at radius 2 is 1.50 bits per heavy atom. The van der Waals surface area contributed by atoms with Crippen LogP contribution in [-0.4, -0.2) is 9.97 Å². The summed E-state index contributed by atoms with van der Waals surface area (Å²) in [6.07, 6.45) is -3.45. The lowest BCUT2D eigenvalue weighted by Gasteiger charge is -2.18. The predicted molar refractivity (Wildman–Crippen MR) is 45.7 cm³/mol. The topological polar surface area (TPSA) is 25.8 Å². The average Bonchev–Trinajstić information content (AvgIpc) is 2.01. The first kappa shape index (κ1) is 10.9. The molecule has 0 spiro atoms. The van der Waals surface area contributed by atoms with Gasteiger partial charge in [-0.1, -0.05) is 20.8 Å². The molecule has 1 rings (SSSR count). The molecular weight excluding hydrogens is 193 g/mol. The van der Waals surface area contributed by atoms with Gasteiger partial charge in [-0.15, -0.1) is 0 Å². The number of alkyl halides is 3. The van der Waals surface area contributed by atoms with Gasteiger partial charge in [-0.2, -0.15) is 13.2 Å². The highest BCUT2D eigenvalue weighted by atomic mass is 19.4. The minimum atomic E-state index is -4.40. The van der Waals surface area contributed by atoms with Crippen LogP contribution in [0.5, 0.6) is 0 Å². The molecule has 0 amide bonds. The Balaban J connectivity index is 3.15. The van der Waals surface area contributed by atoms with E-state index in [2.05, 4.69) is 9.97 Å². The van der Waals surface area contributed by atoms with Crippen molar-refractivity contribution in [3.8, 4) is 0 Å². The fourth-order valence-electron chi connectivity index (χ4n) is 0.922. The molecule has 5 heteroatoms. The molecule has 0 aromatic carbocycles. The second-order valence-corrected chi connectivity index (χ2v) is 4.04. The van der Waals surface area contributed by atoms with Crippen LogP contribution in [0.4, 0.5) is 13.2 Å². The molecule has 0 aliphatic carbocycles. The number of halogens is 3. The molecule has 0 unspecified atom stereocenters. The Labute approximate surface area is 80.2 Å². The average molecular weight is 204 g/mol. The van der Waals surface area contributed by atoms with E-state index >= 15 is 0 Å². The summed E-state index contributed by atoms with van der Waals surface area (Å²) < 4.78 is 36.8. The van der Waals surface area contributed by atoms with Gasteiger partial charge in [-0.25, -0.2) is 9.97 Å². The Morgan fingerprint density at radius 3 is 1.93 bits per heavy atom. The summed E-state index contributed by atoms with van der Waals surface area (Å²) in [7, 11) is 0. The van der Waals surface area contributed by atoms with E-state index in [9.17, 15) is 13.2 Å². The Kier molecular flexibility index (Phi) is 2.52. The quantitative estimate of drug-likeness (QED) is 0.649. The maximum absolute atomic E-state index is 12.3. The first-order chi connectivity index (χ1) is 6.21. The number of hydrogen-bond acceptors (Lipinski definition) is 2. The van der Waals surface area contributed by atoms with Gasteiger partial charge in [-0.05, 0) is 6.07 Å². The molecule has 0 atom stereocenters. The van der Waals surface area contributed by atoms with E-state index in [1.807, 2.05) is 0 Å². The van der Waals surface area contributed by atoms with E-state index in [0.29, 0.717) is 5.69 Å². The molecule has 1 aromatic rings. The van der Waals surface area contributed by atoms with Gasteiger partial charge in [-0.3, -0.25) is 0 Å². The second kappa shape index (κ2) is 3.22. The van der Waals surface area contributed by atoms with Crippen molar-refractivity contribution in [2.24, 2.45) is 0 Å². The van der Waals surface area contributed by atoms with Crippen LogP contribution >= 0.6 is 0 Å². The smallest absolute Gasteiger partial charge is 0.241 e. The summed E-state index contributed by atoms with van der Waals surface area (Å²) in [5.74, 6) is 0. The van der Waals surface area contributed by atoms with E-state index in [-0.39, 0.29) is 0 Å². The fourth-order valence-corrected chi connectivity index (χ4v) is 0.922. The normalized spacial score (nSPS) is 13.0. The molecule has 0 aliphatic rings. The van der Waals surface area contributed by atoms with Crippen molar-refractivity contribution in [2.75, 3.05) is 0 Å². The summed E-state index contributed by atoms with van der Waals surface area (Å²) in [4.78, 5) is 7.00. The number of rotatable bonds is 0. The van der Waals surface area contributed by atoms with E-state index < -0.39 is 17.3 Å². The van der Waals surface area contributed by atoms with E-state index in [4.69, 9.17) is 0 Å². The zero-order valence-electron chi connectivity index (χ0n) is 8.18. The lowest BCUT2D eigenvalue weighted by Crippen LogP contribution is -2.17. The zero-order valence-corrected chi connectivity index (χ0v) is 8.18. The van der Waals surface area contributed by atoms with Crippen LogP contribution in [0.25, 0.3) is 0 Å². The highest BCUT2D eigenvalue weighted by Crippen LogP contribution is 2.29.